The van der Waals surface area contributed by atoms with Gasteiger partial charge < -0.3 is 0 Å². The Morgan fingerprint density at radius 1 is 1.30 bits per heavy atom. The zero-order valence-electron chi connectivity index (χ0n) is 7.72. The van der Waals surface area contributed by atoms with E-state index in [2.05, 4.69) is 40.3 Å². The zero-order chi connectivity index (χ0) is 8.15. The maximum atomic E-state index is 3.80. The Morgan fingerprint density at radius 2 is 1.80 bits per heavy atom. The molecule has 0 saturated heterocycles. The summed E-state index contributed by atoms with van der Waals surface area (Å²) in [6.45, 7) is 12.9. The molecule has 3 atom stereocenters. The fourth-order valence-corrected chi connectivity index (χ4v) is 1.10. The van der Waals surface area contributed by atoms with Crippen LogP contribution in [0.25, 0.3) is 0 Å². The molecule has 0 amide bonds. The predicted molar refractivity (Wildman–Crippen MR) is 48.0 cm³/mol. The van der Waals surface area contributed by atoms with Gasteiger partial charge >= 0.3 is 0 Å². The predicted octanol–water partition coefficient (Wildman–Crippen LogP) is 3.49. The van der Waals surface area contributed by atoms with Crippen molar-refractivity contribution in [3.8, 4) is 0 Å². The molecule has 0 fully saturated rings. The average molecular weight is 140 g/mol. The normalized spacial score (nSPS) is 19.6. The minimum Gasteiger partial charge on any atom is -0.103 e. The lowest BCUT2D eigenvalue weighted by Gasteiger charge is -2.22. The number of allylic oxidation sites excluding steroid dienone is 1. The molecule has 0 N–H and O–H groups in total. The monoisotopic (exact) mass is 140 g/mol. The Balaban J connectivity index is 3.80. The van der Waals surface area contributed by atoms with Crippen molar-refractivity contribution in [2.75, 3.05) is 0 Å². The van der Waals surface area contributed by atoms with Crippen LogP contribution in [0.5, 0.6) is 0 Å². The minimum atomic E-state index is 0.662. The van der Waals surface area contributed by atoms with Gasteiger partial charge in [-0.15, -0.1) is 6.58 Å². The van der Waals surface area contributed by atoms with Gasteiger partial charge in [0.05, 0.1) is 0 Å². The second-order valence-corrected chi connectivity index (χ2v) is 3.34. The molecule has 3 unspecified atom stereocenters. The maximum Gasteiger partial charge on any atom is -0.0236 e. The van der Waals surface area contributed by atoms with Gasteiger partial charge in [0.1, 0.15) is 0 Å². The summed E-state index contributed by atoms with van der Waals surface area (Å²) in [4.78, 5) is 0. The molecule has 60 valence electrons. The van der Waals surface area contributed by atoms with Crippen LogP contribution in [-0.2, 0) is 0 Å². The van der Waals surface area contributed by atoms with Gasteiger partial charge in [0.15, 0.2) is 0 Å². The van der Waals surface area contributed by atoms with Crippen molar-refractivity contribution in [2.24, 2.45) is 17.8 Å². The molecular formula is C10H20. The molecular weight excluding hydrogens is 120 g/mol. The number of hydrogen-bond acceptors (Lipinski definition) is 0. The fourth-order valence-electron chi connectivity index (χ4n) is 1.10. The van der Waals surface area contributed by atoms with E-state index in [4.69, 9.17) is 0 Å². The molecule has 0 spiro atoms. The van der Waals surface area contributed by atoms with E-state index in [9.17, 15) is 0 Å². The molecule has 0 radical (unpaired) electrons. The third-order valence-electron chi connectivity index (χ3n) is 2.74. The van der Waals surface area contributed by atoms with Crippen molar-refractivity contribution in [2.45, 2.75) is 34.1 Å². The maximum absolute atomic E-state index is 3.80. The van der Waals surface area contributed by atoms with Crippen LogP contribution in [0.1, 0.15) is 34.1 Å². The zero-order valence-corrected chi connectivity index (χ0v) is 7.72. The van der Waals surface area contributed by atoms with Crippen molar-refractivity contribution in [1.82, 2.24) is 0 Å². The summed E-state index contributed by atoms with van der Waals surface area (Å²) in [7, 11) is 0. The lowest BCUT2D eigenvalue weighted by Crippen LogP contribution is -2.13. The second-order valence-electron chi connectivity index (χ2n) is 3.34. The van der Waals surface area contributed by atoms with E-state index in [-0.39, 0.29) is 0 Å². The van der Waals surface area contributed by atoms with Crippen molar-refractivity contribution in [3.05, 3.63) is 12.7 Å². The van der Waals surface area contributed by atoms with E-state index in [1.54, 1.807) is 0 Å². The van der Waals surface area contributed by atoms with Gasteiger partial charge in [-0.05, 0) is 17.8 Å². The molecule has 0 heterocycles. The van der Waals surface area contributed by atoms with E-state index >= 15 is 0 Å². The molecule has 0 aliphatic rings. The molecule has 0 aliphatic heterocycles. The van der Waals surface area contributed by atoms with Crippen LogP contribution in [-0.4, -0.2) is 0 Å². The highest BCUT2D eigenvalue weighted by Crippen LogP contribution is 2.23. The summed E-state index contributed by atoms with van der Waals surface area (Å²) in [5.41, 5.74) is 0. The Morgan fingerprint density at radius 3 is 2.10 bits per heavy atom. The lowest BCUT2D eigenvalue weighted by molar-refractivity contribution is 0.312. The fraction of sp³-hybridized carbons (Fsp3) is 0.800. The first-order valence-electron chi connectivity index (χ1n) is 4.26. The highest BCUT2D eigenvalue weighted by molar-refractivity contribution is 4.81. The third-order valence-corrected chi connectivity index (χ3v) is 2.74. The van der Waals surface area contributed by atoms with Gasteiger partial charge in [-0.1, -0.05) is 40.2 Å². The highest BCUT2D eigenvalue weighted by atomic mass is 14.2. The van der Waals surface area contributed by atoms with Crippen molar-refractivity contribution < 1.29 is 0 Å². The molecule has 0 rings (SSSR count). The lowest BCUT2D eigenvalue weighted by atomic mass is 9.84. The Labute approximate surface area is 65.3 Å². The summed E-state index contributed by atoms with van der Waals surface area (Å²) in [5.74, 6) is 2.27. The second kappa shape index (κ2) is 4.54. The molecule has 0 bridgehead atoms. The van der Waals surface area contributed by atoms with Crippen LogP contribution >= 0.6 is 0 Å². The molecule has 0 aliphatic carbocycles. The summed E-state index contributed by atoms with van der Waals surface area (Å²) >= 11 is 0. The summed E-state index contributed by atoms with van der Waals surface area (Å²) in [6, 6.07) is 0. The topological polar surface area (TPSA) is 0 Å². The quantitative estimate of drug-likeness (QED) is 0.524. The van der Waals surface area contributed by atoms with Gasteiger partial charge in [0, 0.05) is 0 Å². The first-order chi connectivity index (χ1) is 4.63. The van der Waals surface area contributed by atoms with E-state index < -0.39 is 0 Å². The number of hydrogen-bond donors (Lipinski definition) is 0. The van der Waals surface area contributed by atoms with E-state index in [1.807, 2.05) is 0 Å². The minimum absolute atomic E-state index is 0.662. The Kier molecular flexibility index (Phi) is 4.42. The van der Waals surface area contributed by atoms with Crippen molar-refractivity contribution >= 4 is 0 Å². The van der Waals surface area contributed by atoms with Crippen LogP contribution in [0.15, 0.2) is 12.7 Å². The van der Waals surface area contributed by atoms with Crippen molar-refractivity contribution in [1.29, 1.82) is 0 Å². The van der Waals surface area contributed by atoms with Crippen molar-refractivity contribution in [3.63, 3.8) is 0 Å². The van der Waals surface area contributed by atoms with Gasteiger partial charge in [-0.3, -0.25) is 0 Å². The summed E-state index contributed by atoms with van der Waals surface area (Å²) in [6.07, 6.45) is 3.33. The van der Waals surface area contributed by atoms with E-state index in [1.165, 1.54) is 6.42 Å². The Hall–Kier alpha value is -0.260. The summed E-state index contributed by atoms with van der Waals surface area (Å²) in [5, 5.41) is 0. The molecule has 0 saturated carbocycles. The average Bonchev–Trinajstić information content (AvgIpc) is 2.00. The van der Waals surface area contributed by atoms with Crippen LogP contribution in [0.4, 0.5) is 0 Å². The Bertz CT molecular complexity index is 94.2. The third kappa shape index (κ3) is 2.55. The van der Waals surface area contributed by atoms with Crippen LogP contribution < -0.4 is 0 Å². The standard InChI is InChI=1S/C10H20/c1-6-8(3)10(5)9(4)7-2/h6,8-10H,1,7H2,2-5H3. The summed E-state index contributed by atoms with van der Waals surface area (Å²) < 4.78 is 0. The van der Waals surface area contributed by atoms with Gasteiger partial charge in [0.25, 0.3) is 0 Å². The number of rotatable bonds is 4. The van der Waals surface area contributed by atoms with Gasteiger partial charge in [-0.25, -0.2) is 0 Å². The molecule has 0 aromatic rings. The highest BCUT2D eigenvalue weighted by Gasteiger charge is 2.14. The SMILES string of the molecule is C=CC(C)C(C)C(C)CC. The molecule has 10 heavy (non-hydrogen) atoms. The molecule has 0 nitrogen and oxygen atoms in total. The van der Waals surface area contributed by atoms with Crippen LogP contribution in [0, 0.1) is 17.8 Å². The van der Waals surface area contributed by atoms with Crippen LogP contribution in [0.3, 0.4) is 0 Å². The molecule has 0 heteroatoms. The largest absolute Gasteiger partial charge is 0.103 e. The van der Waals surface area contributed by atoms with Gasteiger partial charge in [-0.2, -0.15) is 0 Å². The first-order valence-corrected chi connectivity index (χ1v) is 4.26. The molecule has 0 aromatic carbocycles. The van der Waals surface area contributed by atoms with Gasteiger partial charge in [0.2, 0.25) is 0 Å². The smallest absolute Gasteiger partial charge is 0.0236 e. The molecule has 0 aromatic heterocycles. The van der Waals surface area contributed by atoms with E-state index in [0.717, 1.165) is 11.8 Å². The first kappa shape index (κ1) is 9.74. The van der Waals surface area contributed by atoms with E-state index in [0.29, 0.717) is 5.92 Å². The van der Waals surface area contributed by atoms with Crippen LogP contribution in [0.2, 0.25) is 0 Å².